The Bertz CT molecular complexity index is 717. The van der Waals surface area contributed by atoms with E-state index in [2.05, 4.69) is 11.6 Å². The highest BCUT2D eigenvalue weighted by atomic mass is 32.2. The van der Waals surface area contributed by atoms with Crippen molar-refractivity contribution in [1.82, 2.24) is 8.96 Å². The van der Waals surface area contributed by atoms with Crippen LogP contribution in [0.3, 0.4) is 0 Å². The Balaban J connectivity index is 2.50. The first kappa shape index (κ1) is 19.3. The van der Waals surface area contributed by atoms with Crippen LogP contribution in [0.5, 0.6) is 0 Å². The largest absolute Gasteiger partial charge is 0.627 e. The molecule has 1 heterocycles. The van der Waals surface area contributed by atoms with Crippen molar-refractivity contribution in [3.63, 3.8) is 0 Å². The first-order chi connectivity index (χ1) is 11.3. The van der Waals surface area contributed by atoms with Gasteiger partial charge in [-0.15, -0.1) is 6.58 Å². The number of imidazole rings is 1. The summed E-state index contributed by atoms with van der Waals surface area (Å²) in [6, 6.07) is 7.86. The second-order valence-corrected chi connectivity index (χ2v) is 9.74. The minimum absolute atomic E-state index is 0.195. The first-order valence-electron chi connectivity index (χ1n) is 7.90. The maximum Gasteiger partial charge on any atom is 0.271 e. The molecule has 0 fully saturated rings. The van der Waals surface area contributed by atoms with Gasteiger partial charge in [-0.2, -0.15) is 0 Å². The van der Waals surface area contributed by atoms with Crippen LogP contribution in [0.4, 0.5) is 0 Å². The summed E-state index contributed by atoms with van der Waals surface area (Å²) in [5.41, 5.74) is 1.89. The maximum absolute atomic E-state index is 13.2. The summed E-state index contributed by atoms with van der Waals surface area (Å²) >= 11 is 0. The van der Waals surface area contributed by atoms with Gasteiger partial charge in [-0.25, -0.2) is 14.0 Å². The number of fused-ring (bicyclic) bond motifs is 1. The lowest BCUT2D eigenvalue weighted by Gasteiger charge is -2.28. The van der Waals surface area contributed by atoms with Crippen molar-refractivity contribution in [2.45, 2.75) is 39.9 Å². The molecule has 1 unspecified atom stereocenters. The van der Waals surface area contributed by atoms with E-state index in [1.807, 2.05) is 62.0 Å². The lowest BCUT2D eigenvalue weighted by atomic mass is 10.3. The van der Waals surface area contributed by atoms with Gasteiger partial charge in [-0.1, -0.05) is 18.2 Å². The number of aromatic nitrogens is 2. The van der Waals surface area contributed by atoms with Gasteiger partial charge in [0.15, 0.2) is 5.11 Å². The van der Waals surface area contributed by atoms with Gasteiger partial charge in [0, 0.05) is 5.75 Å². The fraction of sp³-hybridized carbons (Fsp3) is 0.412. The SMILES string of the molecule is C=CCS(=C[P+]([O-])(OC(C)C)OC(C)C)n1cnc2ccccc21. The smallest absolute Gasteiger partial charge is 0.271 e. The molecule has 0 aliphatic carbocycles. The Morgan fingerprint density at radius 2 is 1.88 bits per heavy atom. The zero-order chi connectivity index (χ0) is 17.7. The van der Waals surface area contributed by atoms with Crippen molar-refractivity contribution in [3.05, 3.63) is 43.2 Å². The van der Waals surface area contributed by atoms with Crippen LogP contribution in [0.1, 0.15) is 27.7 Å². The van der Waals surface area contributed by atoms with Crippen LogP contribution >= 0.6 is 18.6 Å². The number of nitrogens with zero attached hydrogens (tertiary/aromatic N) is 2. The first-order valence-corrected chi connectivity index (χ1v) is 10.9. The molecule has 0 aliphatic heterocycles. The van der Waals surface area contributed by atoms with Crippen LogP contribution in [-0.4, -0.2) is 32.0 Å². The van der Waals surface area contributed by atoms with Gasteiger partial charge in [0.1, 0.15) is 6.33 Å². The van der Waals surface area contributed by atoms with Gasteiger partial charge < -0.3 is 4.89 Å². The Morgan fingerprint density at radius 1 is 1.25 bits per heavy atom. The molecule has 132 valence electrons. The fourth-order valence-electron chi connectivity index (χ4n) is 2.23. The third-order valence-electron chi connectivity index (χ3n) is 2.93. The average molecular weight is 368 g/mol. The molecular formula is C17H25N2O3PS. The summed E-state index contributed by atoms with van der Waals surface area (Å²) in [5, 5.41) is 1.70. The zero-order valence-electron chi connectivity index (χ0n) is 14.6. The van der Waals surface area contributed by atoms with E-state index >= 15 is 0 Å². The molecule has 2 aromatic rings. The molecule has 1 aromatic heterocycles. The van der Waals surface area contributed by atoms with Crippen molar-refractivity contribution in [2.75, 3.05) is 5.75 Å². The molecule has 1 aromatic carbocycles. The molecule has 0 spiro atoms. The molecule has 7 heteroatoms. The lowest BCUT2D eigenvalue weighted by molar-refractivity contribution is -0.217. The molecule has 24 heavy (non-hydrogen) atoms. The maximum atomic E-state index is 13.2. The Hall–Kier alpha value is -1.04. The highest BCUT2D eigenvalue weighted by molar-refractivity contribution is 8.20. The number of hydrogen-bond donors (Lipinski definition) is 0. The van der Waals surface area contributed by atoms with E-state index < -0.39 is 18.6 Å². The lowest BCUT2D eigenvalue weighted by Crippen LogP contribution is -2.23. The van der Waals surface area contributed by atoms with E-state index in [4.69, 9.17) is 9.05 Å². The zero-order valence-corrected chi connectivity index (χ0v) is 16.3. The van der Waals surface area contributed by atoms with Crippen molar-refractivity contribution >= 4 is 34.8 Å². The predicted octanol–water partition coefficient (Wildman–Crippen LogP) is 3.99. The van der Waals surface area contributed by atoms with E-state index in [0.29, 0.717) is 5.75 Å². The van der Waals surface area contributed by atoms with Crippen LogP contribution in [0.15, 0.2) is 43.2 Å². The molecule has 2 rings (SSSR count). The van der Waals surface area contributed by atoms with E-state index in [1.165, 1.54) is 0 Å². The topological polar surface area (TPSA) is 59.3 Å². The molecule has 0 saturated heterocycles. The normalized spacial score (nSPS) is 14.0. The van der Waals surface area contributed by atoms with Crippen LogP contribution in [0, 0.1) is 0 Å². The predicted molar refractivity (Wildman–Crippen MR) is 103 cm³/mol. The van der Waals surface area contributed by atoms with Gasteiger partial charge in [0.2, 0.25) is 0 Å². The second kappa shape index (κ2) is 8.37. The molecule has 0 saturated carbocycles. The van der Waals surface area contributed by atoms with Crippen molar-refractivity contribution < 1.29 is 13.9 Å². The van der Waals surface area contributed by atoms with Crippen LogP contribution in [0.2, 0.25) is 0 Å². The Kier molecular flexibility index (Phi) is 6.72. The molecule has 0 N–H and O–H groups in total. The number of para-hydroxylation sites is 2. The molecule has 0 amide bonds. The third-order valence-corrected chi connectivity index (χ3v) is 7.74. The highest BCUT2D eigenvalue weighted by Gasteiger charge is 2.32. The summed E-state index contributed by atoms with van der Waals surface area (Å²) < 4.78 is 13.3. The van der Waals surface area contributed by atoms with Gasteiger partial charge in [-0.05, 0) is 50.5 Å². The summed E-state index contributed by atoms with van der Waals surface area (Å²) in [6.45, 7) is 11.2. The second-order valence-electron chi connectivity index (χ2n) is 5.87. The Labute approximate surface area is 147 Å². The molecule has 0 aliphatic rings. The van der Waals surface area contributed by atoms with Crippen molar-refractivity contribution in [3.8, 4) is 0 Å². The van der Waals surface area contributed by atoms with Gasteiger partial charge in [-0.3, -0.25) is 3.97 Å². The molecule has 0 radical (unpaired) electrons. The summed E-state index contributed by atoms with van der Waals surface area (Å²) in [7, 11) is -3.88. The number of hydrogen-bond acceptors (Lipinski definition) is 4. The van der Waals surface area contributed by atoms with Crippen molar-refractivity contribution in [2.24, 2.45) is 0 Å². The van der Waals surface area contributed by atoms with Crippen molar-refractivity contribution in [1.29, 1.82) is 0 Å². The highest BCUT2D eigenvalue weighted by Crippen LogP contribution is 2.54. The average Bonchev–Trinajstić information content (AvgIpc) is 2.88. The third kappa shape index (κ3) is 4.98. The minimum Gasteiger partial charge on any atom is -0.627 e. The summed E-state index contributed by atoms with van der Waals surface area (Å²) in [6.07, 6.45) is 3.19. The molecular weight excluding hydrogens is 343 g/mol. The monoisotopic (exact) mass is 368 g/mol. The summed E-state index contributed by atoms with van der Waals surface area (Å²) in [4.78, 5) is 17.6. The van der Waals surface area contributed by atoms with E-state index in [-0.39, 0.29) is 12.2 Å². The molecule has 1 atom stereocenters. The fourth-order valence-corrected chi connectivity index (χ4v) is 6.77. The van der Waals surface area contributed by atoms with Crippen LogP contribution < -0.4 is 4.89 Å². The van der Waals surface area contributed by atoms with E-state index in [0.717, 1.165) is 11.0 Å². The van der Waals surface area contributed by atoms with Gasteiger partial charge >= 0.3 is 0 Å². The van der Waals surface area contributed by atoms with Crippen LogP contribution in [-0.2, 0) is 9.05 Å². The van der Waals surface area contributed by atoms with Crippen LogP contribution in [0.25, 0.3) is 11.0 Å². The van der Waals surface area contributed by atoms with E-state index in [9.17, 15) is 4.89 Å². The molecule has 0 bridgehead atoms. The standard InChI is InChI=1S/C17H25N2O3PS/c1-6-11-24(13-23(20,21-14(2)3)22-15(4)5)19-12-18-16-9-7-8-10-17(16)19/h6-10,12-15H,1,11H2,2-5H3. The minimum atomic E-state index is -3.35. The molecule has 5 nitrogen and oxygen atoms in total. The number of benzene rings is 1. The summed E-state index contributed by atoms with van der Waals surface area (Å²) in [5.74, 6) is 0.632. The Morgan fingerprint density at radius 3 is 2.46 bits per heavy atom. The van der Waals surface area contributed by atoms with E-state index in [1.54, 1.807) is 11.4 Å². The van der Waals surface area contributed by atoms with Gasteiger partial charge in [0.05, 0.1) is 23.2 Å². The number of rotatable bonds is 8. The quantitative estimate of drug-likeness (QED) is 0.402. The van der Waals surface area contributed by atoms with Gasteiger partial charge in [0.25, 0.3) is 7.94 Å².